The summed E-state index contributed by atoms with van der Waals surface area (Å²) in [7, 11) is 0. The molecule has 2 heterocycles. The van der Waals surface area contributed by atoms with Crippen LogP contribution in [-0.4, -0.2) is 45.9 Å². The van der Waals surface area contributed by atoms with E-state index in [1.807, 2.05) is 33.7 Å². The van der Waals surface area contributed by atoms with E-state index in [2.05, 4.69) is 5.32 Å². The second kappa shape index (κ2) is 9.30. The van der Waals surface area contributed by atoms with Gasteiger partial charge in [-0.3, -0.25) is 9.59 Å². The van der Waals surface area contributed by atoms with Crippen molar-refractivity contribution in [1.29, 1.82) is 0 Å². The first-order valence-electron chi connectivity index (χ1n) is 10.4. The van der Waals surface area contributed by atoms with Crippen molar-refractivity contribution in [2.24, 2.45) is 0 Å². The van der Waals surface area contributed by atoms with E-state index in [0.717, 1.165) is 42.8 Å². The topological polar surface area (TPSA) is 67.2 Å². The highest BCUT2D eigenvalue weighted by molar-refractivity contribution is 6.30. The van der Waals surface area contributed by atoms with Crippen LogP contribution >= 0.6 is 11.6 Å². The lowest BCUT2D eigenvalue weighted by Gasteiger charge is -2.27. The molecule has 1 aliphatic heterocycles. The fraction of sp³-hybridized carbons (Fsp3) is 0.348. The number of carbonyl (C=O) groups excluding carboxylic acids is 2. The number of fused-ring (bicyclic) bond motifs is 1. The van der Waals surface area contributed by atoms with Crippen molar-refractivity contribution >= 4 is 34.4 Å². The summed E-state index contributed by atoms with van der Waals surface area (Å²) in [6.45, 7) is 2.36. The Bertz CT molecular complexity index is 1060. The normalized spacial score (nSPS) is 14.1. The second-order valence-electron chi connectivity index (χ2n) is 7.56. The van der Waals surface area contributed by atoms with Gasteiger partial charge in [0.15, 0.2) is 0 Å². The van der Waals surface area contributed by atoms with Gasteiger partial charge in [-0.25, -0.2) is 4.98 Å². The number of para-hydroxylation sites is 2. The lowest BCUT2D eigenvalue weighted by Crippen LogP contribution is -2.38. The van der Waals surface area contributed by atoms with Crippen LogP contribution in [0.4, 0.5) is 0 Å². The van der Waals surface area contributed by atoms with Gasteiger partial charge < -0.3 is 14.8 Å². The summed E-state index contributed by atoms with van der Waals surface area (Å²) >= 11 is 5.97. The average molecular weight is 425 g/mol. The maximum Gasteiger partial charge on any atom is 0.251 e. The van der Waals surface area contributed by atoms with E-state index in [-0.39, 0.29) is 18.4 Å². The van der Waals surface area contributed by atoms with Gasteiger partial charge in [0.05, 0.1) is 11.0 Å². The first-order chi connectivity index (χ1) is 14.6. The number of amides is 2. The van der Waals surface area contributed by atoms with E-state index >= 15 is 0 Å². The number of hydrogen-bond acceptors (Lipinski definition) is 3. The van der Waals surface area contributed by atoms with Crippen LogP contribution < -0.4 is 5.32 Å². The average Bonchev–Trinajstić information content (AvgIpc) is 3.11. The van der Waals surface area contributed by atoms with Crippen molar-refractivity contribution in [2.75, 3.05) is 19.6 Å². The number of likely N-dealkylation sites (tertiary alicyclic amines) is 1. The molecule has 1 N–H and O–H groups in total. The molecule has 0 unspecified atom stereocenters. The molecule has 0 radical (unpaired) electrons. The molecule has 6 nitrogen and oxygen atoms in total. The smallest absolute Gasteiger partial charge is 0.251 e. The molecule has 3 aromatic rings. The van der Waals surface area contributed by atoms with Crippen molar-refractivity contribution in [1.82, 2.24) is 19.8 Å². The van der Waals surface area contributed by atoms with E-state index in [9.17, 15) is 9.59 Å². The second-order valence-corrected chi connectivity index (χ2v) is 8.00. The molecular weight excluding hydrogens is 400 g/mol. The van der Waals surface area contributed by atoms with Gasteiger partial charge in [-0.15, -0.1) is 0 Å². The molecule has 1 aromatic heterocycles. The maximum absolute atomic E-state index is 12.9. The minimum Gasteiger partial charge on any atom is -0.352 e. The van der Waals surface area contributed by atoms with Gasteiger partial charge >= 0.3 is 0 Å². The minimum absolute atomic E-state index is 0.127. The molecule has 0 spiro atoms. The molecule has 1 aliphatic rings. The number of aromatic nitrogens is 2. The third-order valence-corrected chi connectivity index (χ3v) is 5.69. The summed E-state index contributed by atoms with van der Waals surface area (Å²) < 4.78 is 1.98. The highest BCUT2D eigenvalue weighted by atomic mass is 35.5. The van der Waals surface area contributed by atoms with E-state index in [4.69, 9.17) is 16.6 Å². The van der Waals surface area contributed by atoms with Gasteiger partial charge in [-0.2, -0.15) is 0 Å². The van der Waals surface area contributed by atoms with Crippen molar-refractivity contribution in [3.05, 3.63) is 64.9 Å². The third kappa shape index (κ3) is 4.65. The van der Waals surface area contributed by atoms with E-state index in [1.165, 1.54) is 6.42 Å². The van der Waals surface area contributed by atoms with Crippen molar-refractivity contribution < 1.29 is 9.59 Å². The van der Waals surface area contributed by atoms with Crippen LogP contribution in [0.15, 0.2) is 48.5 Å². The predicted molar refractivity (Wildman–Crippen MR) is 118 cm³/mol. The summed E-state index contributed by atoms with van der Waals surface area (Å²) in [6, 6.07) is 14.7. The van der Waals surface area contributed by atoms with Crippen LogP contribution in [0.25, 0.3) is 11.0 Å². The zero-order chi connectivity index (χ0) is 20.9. The molecular formula is C23H25ClN4O2. The fourth-order valence-corrected chi connectivity index (χ4v) is 4.08. The lowest BCUT2D eigenvalue weighted by atomic mass is 10.1. The molecule has 0 saturated carbocycles. The van der Waals surface area contributed by atoms with Gasteiger partial charge in [0.1, 0.15) is 12.4 Å². The molecule has 156 valence electrons. The summed E-state index contributed by atoms with van der Waals surface area (Å²) in [5.74, 6) is 0.750. The van der Waals surface area contributed by atoms with Gasteiger partial charge in [0, 0.05) is 36.6 Å². The van der Waals surface area contributed by atoms with Crippen LogP contribution in [0.2, 0.25) is 5.02 Å². The molecule has 7 heteroatoms. The Morgan fingerprint density at radius 1 is 1.03 bits per heavy atom. The summed E-state index contributed by atoms with van der Waals surface area (Å²) in [5, 5.41) is 3.45. The van der Waals surface area contributed by atoms with Crippen LogP contribution in [0.5, 0.6) is 0 Å². The number of carbonyl (C=O) groups is 2. The molecule has 2 aromatic carbocycles. The van der Waals surface area contributed by atoms with E-state index < -0.39 is 0 Å². The van der Waals surface area contributed by atoms with Crippen molar-refractivity contribution in [3.8, 4) is 0 Å². The Morgan fingerprint density at radius 3 is 2.63 bits per heavy atom. The molecule has 0 aliphatic carbocycles. The first-order valence-corrected chi connectivity index (χ1v) is 10.8. The van der Waals surface area contributed by atoms with Crippen molar-refractivity contribution in [3.63, 3.8) is 0 Å². The fourth-order valence-electron chi connectivity index (χ4n) is 3.89. The zero-order valence-corrected chi connectivity index (χ0v) is 17.6. The number of nitrogens with zero attached hydrogens (tertiary/aromatic N) is 3. The molecule has 0 atom stereocenters. The summed E-state index contributed by atoms with van der Waals surface area (Å²) in [5.41, 5.74) is 2.33. The lowest BCUT2D eigenvalue weighted by molar-refractivity contribution is -0.132. The standard InChI is InChI=1S/C23H25ClN4O2/c24-18-8-6-7-17(15-18)23(30)25-12-11-21-26-19-9-2-3-10-20(19)28(21)16-22(29)27-13-4-1-5-14-27/h2-3,6-10,15H,1,4-5,11-14,16H2,(H,25,30). The van der Waals surface area contributed by atoms with Crippen LogP contribution in [-0.2, 0) is 17.8 Å². The van der Waals surface area contributed by atoms with Gasteiger partial charge in [-0.1, -0.05) is 29.8 Å². The van der Waals surface area contributed by atoms with Gasteiger partial charge in [0.25, 0.3) is 5.91 Å². The quantitative estimate of drug-likeness (QED) is 0.656. The van der Waals surface area contributed by atoms with Crippen LogP contribution in [0, 0.1) is 0 Å². The monoisotopic (exact) mass is 424 g/mol. The molecule has 1 fully saturated rings. The van der Waals surface area contributed by atoms with Crippen molar-refractivity contribution in [2.45, 2.75) is 32.2 Å². The summed E-state index contributed by atoms with van der Waals surface area (Å²) in [4.78, 5) is 31.9. The Morgan fingerprint density at radius 2 is 1.83 bits per heavy atom. The zero-order valence-electron chi connectivity index (χ0n) is 16.8. The Hall–Kier alpha value is -2.86. The number of imidazole rings is 1. The largest absolute Gasteiger partial charge is 0.352 e. The molecule has 4 rings (SSSR count). The molecule has 0 bridgehead atoms. The summed E-state index contributed by atoms with van der Waals surface area (Å²) in [6.07, 6.45) is 3.86. The van der Waals surface area contributed by atoms with E-state index in [1.54, 1.807) is 24.3 Å². The van der Waals surface area contributed by atoms with Crippen LogP contribution in [0.3, 0.4) is 0 Å². The van der Waals surface area contributed by atoms with E-state index in [0.29, 0.717) is 23.6 Å². The number of benzene rings is 2. The number of hydrogen-bond donors (Lipinski definition) is 1. The minimum atomic E-state index is -0.176. The number of piperidine rings is 1. The Balaban J connectivity index is 1.47. The number of halogens is 1. The Kier molecular flexibility index (Phi) is 6.33. The first kappa shape index (κ1) is 20.4. The highest BCUT2D eigenvalue weighted by Gasteiger charge is 2.20. The van der Waals surface area contributed by atoms with Crippen LogP contribution in [0.1, 0.15) is 35.4 Å². The Labute approximate surface area is 180 Å². The number of nitrogens with one attached hydrogen (secondary N) is 1. The predicted octanol–water partition coefficient (Wildman–Crippen LogP) is 3.67. The molecule has 1 saturated heterocycles. The highest BCUT2D eigenvalue weighted by Crippen LogP contribution is 2.18. The molecule has 2 amide bonds. The SMILES string of the molecule is O=C(NCCc1nc2ccccc2n1CC(=O)N1CCCCC1)c1cccc(Cl)c1. The number of rotatable bonds is 6. The van der Waals surface area contributed by atoms with Gasteiger partial charge in [-0.05, 0) is 49.6 Å². The maximum atomic E-state index is 12.9. The van der Waals surface area contributed by atoms with Gasteiger partial charge in [0.2, 0.25) is 5.91 Å². The molecule has 30 heavy (non-hydrogen) atoms. The third-order valence-electron chi connectivity index (χ3n) is 5.46.